The van der Waals surface area contributed by atoms with Crippen LogP contribution in [0.1, 0.15) is 24.8 Å². The van der Waals surface area contributed by atoms with Crippen LogP contribution < -0.4 is 10.6 Å². The standard InChI is InChI=1S/C23H35BN4O7/c29-21(27-9-13-34-14-10-27)17-19(25-23(31)28-11-15-35-16-12-28)22(30)26-20(24(32)33)8-4-7-18-5-2-1-3-6-18/h1-3,5-6,19-20,32-33H,4,7-17H2,(H,25,31)(H,26,30). The van der Waals surface area contributed by atoms with E-state index in [-0.39, 0.29) is 12.3 Å². The second-order valence-corrected chi connectivity index (χ2v) is 8.71. The first kappa shape index (κ1) is 26.9. The molecule has 2 unspecified atom stereocenters. The molecule has 4 amide bonds. The molecule has 1 aromatic carbocycles. The van der Waals surface area contributed by atoms with Gasteiger partial charge in [-0.05, 0) is 24.8 Å². The average molecular weight is 490 g/mol. The van der Waals surface area contributed by atoms with E-state index in [9.17, 15) is 24.4 Å². The summed E-state index contributed by atoms with van der Waals surface area (Å²) in [5, 5.41) is 25.0. The molecule has 0 bridgehead atoms. The lowest BCUT2D eigenvalue weighted by Crippen LogP contribution is -2.58. The summed E-state index contributed by atoms with van der Waals surface area (Å²) < 4.78 is 10.5. The number of amides is 4. The lowest BCUT2D eigenvalue weighted by atomic mass is 9.76. The average Bonchev–Trinajstić information content (AvgIpc) is 2.89. The maximum Gasteiger partial charge on any atom is 0.475 e. The Hall–Kier alpha value is -2.67. The summed E-state index contributed by atoms with van der Waals surface area (Å²) in [4.78, 5) is 41.9. The zero-order valence-electron chi connectivity index (χ0n) is 19.9. The smallest absolute Gasteiger partial charge is 0.426 e. The molecule has 1 aromatic rings. The van der Waals surface area contributed by atoms with Gasteiger partial charge in [0.2, 0.25) is 11.8 Å². The molecule has 0 spiro atoms. The molecular weight excluding hydrogens is 455 g/mol. The lowest BCUT2D eigenvalue weighted by molar-refractivity contribution is -0.138. The van der Waals surface area contributed by atoms with E-state index in [1.807, 2.05) is 30.3 Å². The van der Waals surface area contributed by atoms with E-state index in [1.165, 1.54) is 4.90 Å². The summed E-state index contributed by atoms with van der Waals surface area (Å²) in [6.45, 7) is 3.24. The Balaban J connectivity index is 1.61. The number of urea groups is 1. The first-order valence-corrected chi connectivity index (χ1v) is 12.1. The highest BCUT2D eigenvalue weighted by molar-refractivity contribution is 6.43. The molecule has 2 atom stereocenters. The van der Waals surface area contributed by atoms with Crippen molar-refractivity contribution in [2.75, 3.05) is 52.6 Å². The van der Waals surface area contributed by atoms with Crippen LogP contribution in [0.4, 0.5) is 4.79 Å². The fourth-order valence-electron chi connectivity index (χ4n) is 4.08. The highest BCUT2D eigenvalue weighted by Crippen LogP contribution is 2.10. The van der Waals surface area contributed by atoms with Crippen LogP contribution in [-0.2, 0) is 25.5 Å². The van der Waals surface area contributed by atoms with Gasteiger partial charge in [0.15, 0.2) is 0 Å². The minimum absolute atomic E-state index is 0.236. The first-order chi connectivity index (χ1) is 16.9. The fraction of sp³-hybridized carbons (Fsp3) is 0.609. The third-order valence-electron chi connectivity index (χ3n) is 6.17. The van der Waals surface area contributed by atoms with Crippen LogP contribution >= 0.6 is 0 Å². The number of carbonyl (C=O) groups excluding carboxylic acids is 3. The van der Waals surface area contributed by atoms with Crippen LogP contribution in [0.25, 0.3) is 0 Å². The molecule has 0 radical (unpaired) electrons. The van der Waals surface area contributed by atoms with Gasteiger partial charge >= 0.3 is 13.1 Å². The number of morpholine rings is 2. The molecule has 0 aliphatic carbocycles. The number of nitrogens with one attached hydrogen (secondary N) is 2. The van der Waals surface area contributed by atoms with Crippen LogP contribution in [0.3, 0.4) is 0 Å². The molecule has 4 N–H and O–H groups in total. The van der Waals surface area contributed by atoms with Crippen LogP contribution in [-0.4, -0.2) is 109 Å². The van der Waals surface area contributed by atoms with E-state index in [0.717, 1.165) is 5.56 Å². The van der Waals surface area contributed by atoms with E-state index in [0.29, 0.717) is 71.9 Å². The highest BCUT2D eigenvalue weighted by atomic mass is 16.5. The molecule has 11 nitrogen and oxygen atoms in total. The molecule has 0 saturated carbocycles. The highest BCUT2D eigenvalue weighted by Gasteiger charge is 2.33. The third kappa shape index (κ3) is 8.81. The summed E-state index contributed by atoms with van der Waals surface area (Å²) >= 11 is 0. The number of hydrogen-bond acceptors (Lipinski definition) is 7. The summed E-state index contributed by atoms with van der Waals surface area (Å²) in [5.41, 5.74) is 1.11. The van der Waals surface area contributed by atoms with Crippen molar-refractivity contribution in [2.24, 2.45) is 0 Å². The van der Waals surface area contributed by atoms with Crippen LogP contribution in [0.2, 0.25) is 0 Å². The third-order valence-corrected chi connectivity index (χ3v) is 6.17. The molecule has 2 aliphatic rings. The van der Waals surface area contributed by atoms with Crippen molar-refractivity contribution in [3.05, 3.63) is 35.9 Å². The summed E-state index contributed by atoms with van der Waals surface area (Å²) in [6, 6.07) is 8.14. The number of nitrogens with zero attached hydrogens (tertiary/aromatic N) is 2. The topological polar surface area (TPSA) is 141 Å². The zero-order chi connectivity index (χ0) is 25.0. The molecule has 12 heteroatoms. The van der Waals surface area contributed by atoms with Gasteiger partial charge in [-0.1, -0.05) is 30.3 Å². The number of benzene rings is 1. The van der Waals surface area contributed by atoms with E-state index in [2.05, 4.69) is 10.6 Å². The Bertz CT molecular complexity index is 785. The van der Waals surface area contributed by atoms with Gasteiger partial charge in [-0.25, -0.2) is 4.79 Å². The number of rotatable bonds is 10. The van der Waals surface area contributed by atoms with E-state index in [1.54, 1.807) is 4.90 Å². The molecule has 2 fully saturated rings. The zero-order valence-corrected chi connectivity index (χ0v) is 19.9. The first-order valence-electron chi connectivity index (χ1n) is 12.1. The van der Waals surface area contributed by atoms with Gasteiger partial charge in [0.05, 0.1) is 38.8 Å². The molecule has 35 heavy (non-hydrogen) atoms. The van der Waals surface area contributed by atoms with Crippen molar-refractivity contribution in [2.45, 2.75) is 37.7 Å². The monoisotopic (exact) mass is 490 g/mol. The molecule has 2 heterocycles. The maximum absolute atomic E-state index is 13.1. The van der Waals surface area contributed by atoms with Crippen molar-refractivity contribution in [1.82, 2.24) is 20.4 Å². The van der Waals surface area contributed by atoms with Crippen molar-refractivity contribution in [3.63, 3.8) is 0 Å². The summed E-state index contributed by atoms with van der Waals surface area (Å²) in [7, 11) is -1.78. The van der Waals surface area contributed by atoms with E-state index >= 15 is 0 Å². The Morgan fingerprint density at radius 2 is 1.51 bits per heavy atom. The summed E-state index contributed by atoms with van der Waals surface area (Å²) in [6.07, 6.45) is 1.41. The van der Waals surface area contributed by atoms with Crippen LogP contribution in [0.5, 0.6) is 0 Å². The maximum atomic E-state index is 13.1. The predicted molar refractivity (Wildman–Crippen MR) is 128 cm³/mol. The molecule has 3 rings (SSSR count). The molecule has 2 saturated heterocycles. The predicted octanol–water partition coefficient (Wildman–Crippen LogP) is -0.835. The quantitative estimate of drug-likeness (QED) is 0.314. The number of carbonyl (C=O) groups is 3. The molecular formula is C23H35BN4O7. The molecule has 0 aromatic heterocycles. The van der Waals surface area contributed by atoms with Crippen molar-refractivity contribution in [3.8, 4) is 0 Å². The van der Waals surface area contributed by atoms with E-state index in [4.69, 9.17) is 9.47 Å². The largest absolute Gasteiger partial charge is 0.475 e. The minimum Gasteiger partial charge on any atom is -0.426 e. The Labute approximate surface area is 205 Å². The normalized spacial score (nSPS) is 17.9. The number of hydrogen-bond donors (Lipinski definition) is 4. The van der Waals surface area contributed by atoms with Crippen molar-refractivity contribution >= 4 is 25.0 Å². The van der Waals surface area contributed by atoms with Gasteiger partial charge in [0, 0.05) is 26.2 Å². The van der Waals surface area contributed by atoms with Gasteiger partial charge in [0.25, 0.3) is 0 Å². The SMILES string of the molecule is O=C(NC(CCCc1ccccc1)B(O)O)C(CC(=O)N1CCOCC1)NC(=O)N1CCOCC1. The van der Waals surface area contributed by atoms with Gasteiger partial charge in [0.1, 0.15) is 6.04 Å². The second kappa shape index (κ2) is 14.0. The van der Waals surface area contributed by atoms with Gasteiger partial charge in [-0.15, -0.1) is 0 Å². The molecule has 2 aliphatic heterocycles. The number of aryl methyl sites for hydroxylation is 1. The number of ether oxygens (including phenoxy) is 2. The Morgan fingerprint density at radius 1 is 0.914 bits per heavy atom. The summed E-state index contributed by atoms with van der Waals surface area (Å²) in [5.74, 6) is -1.85. The van der Waals surface area contributed by atoms with Gasteiger partial charge in [-0.2, -0.15) is 0 Å². The van der Waals surface area contributed by atoms with Gasteiger partial charge < -0.3 is 40.0 Å². The lowest BCUT2D eigenvalue weighted by Gasteiger charge is -2.31. The fourth-order valence-corrected chi connectivity index (χ4v) is 4.08. The minimum atomic E-state index is -1.78. The van der Waals surface area contributed by atoms with Crippen molar-refractivity contribution < 1.29 is 33.9 Å². The van der Waals surface area contributed by atoms with Crippen LogP contribution in [0, 0.1) is 0 Å². The Morgan fingerprint density at radius 3 is 2.11 bits per heavy atom. The molecule has 192 valence electrons. The van der Waals surface area contributed by atoms with Gasteiger partial charge in [-0.3, -0.25) is 9.59 Å². The van der Waals surface area contributed by atoms with Crippen LogP contribution in [0.15, 0.2) is 30.3 Å². The second-order valence-electron chi connectivity index (χ2n) is 8.71. The van der Waals surface area contributed by atoms with E-state index < -0.39 is 31.0 Å². The van der Waals surface area contributed by atoms with Crippen molar-refractivity contribution in [1.29, 1.82) is 0 Å². The Kier molecular flexibility index (Phi) is 10.8.